The standard InChI is InChI=1S/C24H30N2/c1-5-8-12-18-13-11-16-21-22(18)25-23-24(6-2,7-3)17(4)19-14-9-10-15-20(19)26(21)23/h9-11,13-16,23,25H,4-8,12H2,1-3H3. The number of nitrogens with one attached hydrogen (secondary N) is 1. The molecule has 0 aromatic heterocycles. The molecule has 26 heavy (non-hydrogen) atoms. The van der Waals surface area contributed by atoms with Crippen molar-refractivity contribution in [1.82, 2.24) is 0 Å². The molecule has 0 amide bonds. The predicted molar refractivity (Wildman–Crippen MR) is 113 cm³/mol. The van der Waals surface area contributed by atoms with E-state index in [4.69, 9.17) is 0 Å². The Labute approximate surface area is 157 Å². The van der Waals surface area contributed by atoms with Crippen molar-refractivity contribution in [2.45, 2.75) is 59.0 Å². The maximum atomic E-state index is 4.58. The van der Waals surface area contributed by atoms with Crippen LogP contribution >= 0.6 is 0 Å². The summed E-state index contributed by atoms with van der Waals surface area (Å²) in [7, 11) is 0. The highest BCUT2D eigenvalue weighted by atomic mass is 15.4. The SMILES string of the molecule is C=C1c2ccccc2N2c3cccc(CCCC)c3NC2C1(CC)CC. The van der Waals surface area contributed by atoms with Crippen LogP contribution in [0, 0.1) is 5.41 Å². The number of fused-ring (bicyclic) bond motifs is 5. The van der Waals surface area contributed by atoms with Gasteiger partial charge < -0.3 is 10.2 Å². The molecule has 2 aliphatic rings. The van der Waals surface area contributed by atoms with Crippen LogP contribution in [0.3, 0.4) is 0 Å². The van der Waals surface area contributed by atoms with Gasteiger partial charge in [-0.25, -0.2) is 0 Å². The van der Waals surface area contributed by atoms with Crippen LogP contribution in [0.25, 0.3) is 5.57 Å². The van der Waals surface area contributed by atoms with Crippen LogP contribution in [0.15, 0.2) is 49.0 Å². The number of aryl methyl sites for hydroxylation is 1. The van der Waals surface area contributed by atoms with Crippen molar-refractivity contribution in [3.05, 3.63) is 60.2 Å². The minimum absolute atomic E-state index is 0.0510. The maximum Gasteiger partial charge on any atom is 0.114 e. The zero-order valence-electron chi connectivity index (χ0n) is 16.3. The van der Waals surface area contributed by atoms with Gasteiger partial charge >= 0.3 is 0 Å². The van der Waals surface area contributed by atoms with Crippen LogP contribution in [0.4, 0.5) is 17.1 Å². The highest BCUT2D eigenvalue weighted by molar-refractivity contribution is 5.94. The first-order valence-electron chi connectivity index (χ1n) is 10.1. The van der Waals surface area contributed by atoms with E-state index >= 15 is 0 Å². The van der Waals surface area contributed by atoms with Crippen molar-refractivity contribution in [3.8, 4) is 0 Å². The molecule has 0 bridgehead atoms. The minimum atomic E-state index is 0.0510. The summed E-state index contributed by atoms with van der Waals surface area (Å²) < 4.78 is 0. The summed E-state index contributed by atoms with van der Waals surface area (Å²) in [5, 5.41) is 3.94. The largest absolute Gasteiger partial charge is 0.362 e. The lowest BCUT2D eigenvalue weighted by Crippen LogP contribution is -2.50. The van der Waals surface area contributed by atoms with Gasteiger partial charge in [0.2, 0.25) is 0 Å². The first kappa shape index (κ1) is 17.2. The molecule has 1 N–H and O–H groups in total. The molecule has 0 saturated heterocycles. The first-order chi connectivity index (χ1) is 12.7. The molecule has 136 valence electrons. The van der Waals surface area contributed by atoms with Crippen molar-refractivity contribution in [2.75, 3.05) is 10.2 Å². The molecule has 1 atom stereocenters. The highest BCUT2D eigenvalue weighted by Crippen LogP contribution is 2.58. The summed E-state index contributed by atoms with van der Waals surface area (Å²) in [6.45, 7) is 11.5. The molecule has 2 nitrogen and oxygen atoms in total. The fourth-order valence-corrected chi connectivity index (χ4v) is 4.96. The molecular formula is C24H30N2. The van der Waals surface area contributed by atoms with Gasteiger partial charge in [0.15, 0.2) is 0 Å². The second kappa shape index (κ2) is 6.50. The molecule has 2 heteroatoms. The van der Waals surface area contributed by atoms with Crippen LogP contribution in [0.1, 0.15) is 57.6 Å². The van der Waals surface area contributed by atoms with Crippen LogP contribution < -0.4 is 10.2 Å². The molecule has 4 rings (SSSR count). The van der Waals surface area contributed by atoms with Gasteiger partial charge in [0.25, 0.3) is 0 Å². The lowest BCUT2D eigenvalue weighted by molar-refractivity contribution is 0.313. The van der Waals surface area contributed by atoms with E-state index in [1.807, 2.05) is 0 Å². The Hall–Kier alpha value is -2.22. The molecule has 0 radical (unpaired) electrons. The predicted octanol–water partition coefficient (Wildman–Crippen LogP) is 6.75. The Kier molecular flexibility index (Phi) is 4.30. The van der Waals surface area contributed by atoms with Gasteiger partial charge in [-0.1, -0.05) is 64.1 Å². The third kappa shape index (κ3) is 2.24. The molecule has 2 aromatic carbocycles. The Morgan fingerprint density at radius 3 is 2.46 bits per heavy atom. The molecule has 0 fully saturated rings. The monoisotopic (exact) mass is 346 g/mol. The Morgan fingerprint density at radius 2 is 1.73 bits per heavy atom. The van der Waals surface area contributed by atoms with E-state index in [-0.39, 0.29) is 11.6 Å². The summed E-state index contributed by atoms with van der Waals surface area (Å²) in [4.78, 5) is 2.54. The molecule has 2 heterocycles. The summed E-state index contributed by atoms with van der Waals surface area (Å²) >= 11 is 0. The number of anilines is 3. The maximum absolute atomic E-state index is 4.58. The smallest absolute Gasteiger partial charge is 0.114 e. The molecule has 0 aliphatic carbocycles. The number of hydrogen-bond acceptors (Lipinski definition) is 2. The first-order valence-corrected chi connectivity index (χ1v) is 10.1. The number of nitrogens with zero attached hydrogens (tertiary/aromatic N) is 1. The molecule has 2 aliphatic heterocycles. The number of para-hydroxylation sites is 2. The van der Waals surface area contributed by atoms with Crippen molar-refractivity contribution >= 4 is 22.6 Å². The third-order valence-corrected chi connectivity index (χ3v) is 6.60. The quantitative estimate of drug-likeness (QED) is 0.644. The second-order valence-electron chi connectivity index (χ2n) is 7.69. The van der Waals surface area contributed by atoms with E-state index in [0.717, 1.165) is 19.3 Å². The average molecular weight is 347 g/mol. The number of rotatable bonds is 5. The van der Waals surface area contributed by atoms with E-state index in [2.05, 4.69) is 80.0 Å². The minimum Gasteiger partial charge on any atom is -0.362 e. The third-order valence-electron chi connectivity index (χ3n) is 6.60. The zero-order valence-corrected chi connectivity index (χ0v) is 16.3. The van der Waals surface area contributed by atoms with Crippen LogP contribution in [-0.2, 0) is 6.42 Å². The number of benzene rings is 2. The van der Waals surface area contributed by atoms with Gasteiger partial charge in [-0.15, -0.1) is 0 Å². The van der Waals surface area contributed by atoms with Gasteiger partial charge in [0.1, 0.15) is 6.17 Å². The normalized spacial score (nSPS) is 19.6. The zero-order chi connectivity index (χ0) is 18.3. The van der Waals surface area contributed by atoms with E-state index in [1.165, 1.54) is 46.6 Å². The molecular weight excluding hydrogens is 316 g/mol. The summed E-state index contributed by atoms with van der Waals surface area (Å²) in [5.41, 5.74) is 8.05. The van der Waals surface area contributed by atoms with Gasteiger partial charge in [-0.05, 0) is 49.0 Å². The second-order valence-corrected chi connectivity index (χ2v) is 7.69. The lowest BCUT2D eigenvalue weighted by Gasteiger charge is -2.49. The Morgan fingerprint density at radius 1 is 1.00 bits per heavy atom. The van der Waals surface area contributed by atoms with Gasteiger partial charge in [0.05, 0.1) is 17.1 Å². The average Bonchev–Trinajstić information content (AvgIpc) is 3.08. The summed E-state index contributed by atoms with van der Waals surface area (Å²) in [6, 6.07) is 15.6. The number of hydrogen-bond donors (Lipinski definition) is 1. The van der Waals surface area contributed by atoms with Crippen LogP contribution in [-0.4, -0.2) is 6.17 Å². The molecule has 0 saturated carbocycles. The summed E-state index contributed by atoms with van der Waals surface area (Å²) in [6.07, 6.45) is 6.02. The summed E-state index contributed by atoms with van der Waals surface area (Å²) in [5.74, 6) is 0. The van der Waals surface area contributed by atoms with E-state index in [1.54, 1.807) is 0 Å². The van der Waals surface area contributed by atoms with E-state index in [0.29, 0.717) is 0 Å². The highest BCUT2D eigenvalue weighted by Gasteiger charge is 2.50. The fraction of sp³-hybridized carbons (Fsp3) is 0.417. The van der Waals surface area contributed by atoms with Crippen molar-refractivity contribution < 1.29 is 0 Å². The molecule has 0 spiro atoms. The van der Waals surface area contributed by atoms with Gasteiger partial charge in [0, 0.05) is 11.0 Å². The number of unbranched alkanes of at least 4 members (excludes halogenated alkanes) is 1. The van der Waals surface area contributed by atoms with E-state index in [9.17, 15) is 0 Å². The molecule has 1 unspecified atom stereocenters. The van der Waals surface area contributed by atoms with Crippen molar-refractivity contribution in [1.29, 1.82) is 0 Å². The van der Waals surface area contributed by atoms with Crippen molar-refractivity contribution in [3.63, 3.8) is 0 Å². The topological polar surface area (TPSA) is 15.3 Å². The molecule has 2 aromatic rings. The van der Waals surface area contributed by atoms with Gasteiger partial charge in [-0.2, -0.15) is 0 Å². The Bertz CT molecular complexity index is 832. The van der Waals surface area contributed by atoms with Crippen LogP contribution in [0.5, 0.6) is 0 Å². The van der Waals surface area contributed by atoms with E-state index < -0.39 is 0 Å². The van der Waals surface area contributed by atoms with Crippen molar-refractivity contribution in [2.24, 2.45) is 5.41 Å². The Balaban J connectivity index is 1.91. The van der Waals surface area contributed by atoms with Gasteiger partial charge in [-0.3, -0.25) is 0 Å². The fourth-order valence-electron chi connectivity index (χ4n) is 4.96. The van der Waals surface area contributed by atoms with Crippen LogP contribution in [0.2, 0.25) is 0 Å². The lowest BCUT2D eigenvalue weighted by atomic mass is 9.68.